The Bertz CT molecular complexity index is 533. The van der Waals surface area contributed by atoms with E-state index < -0.39 is 0 Å². The maximum absolute atomic E-state index is 11.7. The minimum absolute atomic E-state index is 0. The summed E-state index contributed by atoms with van der Waals surface area (Å²) in [6, 6.07) is 3.32. The molecule has 8 nitrogen and oxygen atoms in total. The van der Waals surface area contributed by atoms with Crippen LogP contribution in [0, 0.1) is 0 Å². The van der Waals surface area contributed by atoms with Crippen molar-refractivity contribution < 1.29 is 18.7 Å². The summed E-state index contributed by atoms with van der Waals surface area (Å²) in [5.74, 6) is 0.828. The third kappa shape index (κ3) is 9.96. The second-order valence-electron chi connectivity index (χ2n) is 5.98. The van der Waals surface area contributed by atoms with E-state index in [0.29, 0.717) is 38.6 Å². The van der Waals surface area contributed by atoms with E-state index in [1.54, 1.807) is 12.1 Å². The lowest BCUT2D eigenvalue weighted by Gasteiger charge is -2.12. The summed E-state index contributed by atoms with van der Waals surface area (Å²) < 4.78 is 16.2. The Hall–Kier alpha value is -1.33. The van der Waals surface area contributed by atoms with E-state index in [2.05, 4.69) is 20.9 Å². The van der Waals surface area contributed by atoms with Crippen LogP contribution >= 0.6 is 24.0 Å². The van der Waals surface area contributed by atoms with Gasteiger partial charge in [0.25, 0.3) is 5.91 Å². The third-order valence-electron chi connectivity index (χ3n) is 3.84. The molecule has 3 N–H and O–H groups in total. The monoisotopic (exact) mass is 494 g/mol. The van der Waals surface area contributed by atoms with Gasteiger partial charge in [0.05, 0.1) is 19.0 Å². The van der Waals surface area contributed by atoms with E-state index in [0.717, 1.165) is 38.4 Å². The van der Waals surface area contributed by atoms with E-state index in [1.807, 2.05) is 6.92 Å². The Labute approximate surface area is 177 Å². The summed E-state index contributed by atoms with van der Waals surface area (Å²) in [6.45, 7) is 6.75. The largest absolute Gasteiger partial charge is 0.459 e. The van der Waals surface area contributed by atoms with Crippen LogP contribution in [0.1, 0.15) is 36.7 Å². The molecule has 2 rings (SSSR count). The topological polar surface area (TPSA) is 97.1 Å². The first kappa shape index (κ1) is 23.7. The zero-order valence-corrected chi connectivity index (χ0v) is 18.2. The second kappa shape index (κ2) is 14.7. The van der Waals surface area contributed by atoms with E-state index in [4.69, 9.17) is 13.9 Å². The van der Waals surface area contributed by atoms with Crippen molar-refractivity contribution in [2.75, 3.05) is 46.0 Å². The smallest absolute Gasteiger partial charge is 0.287 e. The SMILES string of the molecule is CCNC(=NCCCOCC1CCCO1)NCCNC(=O)c1ccco1.I. The summed E-state index contributed by atoms with van der Waals surface area (Å²) in [5.41, 5.74) is 0. The fourth-order valence-electron chi connectivity index (χ4n) is 2.54. The highest BCUT2D eigenvalue weighted by molar-refractivity contribution is 14.0. The number of amides is 1. The van der Waals surface area contributed by atoms with Crippen LogP contribution in [0.3, 0.4) is 0 Å². The molecule has 0 bridgehead atoms. The molecular weight excluding hydrogens is 463 g/mol. The van der Waals surface area contributed by atoms with Gasteiger partial charge < -0.3 is 29.8 Å². The molecule has 1 aromatic heterocycles. The first-order valence-corrected chi connectivity index (χ1v) is 9.33. The number of guanidine groups is 1. The molecule has 9 heteroatoms. The van der Waals surface area contributed by atoms with Crippen molar-refractivity contribution in [3.8, 4) is 0 Å². The van der Waals surface area contributed by atoms with Crippen LogP contribution in [0.5, 0.6) is 0 Å². The lowest BCUT2D eigenvalue weighted by atomic mass is 10.2. The predicted octanol–water partition coefficient (Wildman–Crippen LogP) is 1.77. The summed E-state index contributed by atoms with van der Waals surface area (Å²) in [5, 5.41) is 9.15. The Balaban J connectivity index is 0.00000364. The van der Waals surface area contributed by atoms with Crippen molar-refractivity contribution >= 4 is 35.8 Å². The zero-order chi connectivity index (χ0) is 18.5. The molecule has 0 spiro atoms. The standard InChI is InChI=1S/C18H30N4O4.HI/c1-2-19-18(21-8-5-11-24-14-15-6-3-12-25-15)22-10-9-20-17(23)16-7-4-13-26-16;/h4,7,13,15H,2-3,5-6,8-12,14H2,1H3,(H,20,23)(H2,19,21,22);1H. The second-order valence-corrected chi connectivity index (χ2v) is 5.98. The Kier molecular flexibility index (Phi) is 12.9. The van der Waals surface area contributed by atoms with E-state index in [1.165, 1.54) is 6.26 Å². The molecule has 0 saturated carbocycles. The van der Waals surface area contributed by atoms with Gasteiger partial charge in [0.1, 0.15) is 0 Å². The summed E-state index contributed by atoms with van der Waals surface area (Å²) in [6.07, 6.45) is 4.85. The predicted molar refractivity (Wildman–Crippen MR) is 115 cm³/mol. The number of ether oxygens (including phenoxy) is 2. The van der Waals surface area contributed by atoms with Crippen molar-refractivity contribution in [3.05, 3.63) is 24.2 Å². The highest BCUT2D eigenvalue weighted by atomic mass is 127. The molecule has 1 atom stereocenters. The number of nitrogens with one attached hydrogen (secondary N) is 3. The van der Waals surface area contributed by atoms with Gasteiger partial charge in [0.2, 0.25) is 0 Å². The van der Waals surface area contributed by atoms with Crippen molar-refractivity contribution in [2.45, 2.75) is 32.3 Å². The van der Waals surface area contributed by atoms with Gasteiger partial charge in [-0.15, -0.1) is 24.0 Å². The fourth-order valence-corrected chi connectivity index (χ4v) is 2.54. The molecule has 1 aromatic rings. The maximum Gasteiger partial charge on any atom is 0.287 e. The lowest BCUT2D eigenvalue weighted by molar-refractivity contribution is 0.0171. The van der Waals surface area contributed by atoms with E-state index in [-0.39, 0.29) is 36.0 Å². The van der Waals surface area contributed by atoms with Crippen LogP contribution in [0.15, 0.2) is 27.8 Å². The number of carbonyl (C=O) groups excluding carboxylic acids is 1. The highest BCUT2D eigenvalue weighted by Crippen LogP contribution is 2.11. The van der Waals surface area contributed by atoms with Crippen LogP contribution in [-0.4, -0.2) is 64.0 Å². The van der Waals surface area contributed by atoms with Gasteiger partial charge in [-0.1, -0.05) is 0 Å². The molecule has 2 heterocycles. The van der Waals surface area contributed by atoms with Crippen LogP contribution in [-0.2, 0) is 9.47 Å². The van der Waals surface area contributed by atoms with Crippen LogP contribution in [0.25, 0.3) is 0 Å². The average Bonchev–Trinajstić information content (AvgIpc) is 3.35. The van der Waals surface area contributed by atoms with Gasteiger partial charge >= 0.3 is 0 Å². The molecular formula is C18H31IN4O4. The van der Waals surface area contributed by atoms with Crippen molar-refractivity contribution in [3.63, 3.8) is 0 Å². The molecule has 0 radical (unpaired) electrons. The molecule has 154 valence electrons. The third-order valence-corrected chi connectivity index (χ3v) is 3.84. The Morgan fingerprint density at radius 2 is 2.19 bits per heavy atom. The molecule has 1 aliphatic rings. The van der Waals surface area contributed by atoms with Gasteiger partial charge in [0, 0.05) is 39.4 Å². The molecule has 1 unspecified atom stereocenters. The molecule has 1 aliphatic heterocycles. The van der Waals surface area contributed by atoms with Gasteiger partial charge in [0.15, 0.2) is 11.7 Å². The van der Waals surface area contributed by atoms with Crippen molar-refractivity contribution in [1.29, 1.82) is 0 Å². The molecule has 0 aromatic carbocycles. The molecule has 0 aliphatic carbocycles. The number of hydrogen-bond acceptors (Lipinski definition) is 5. The quantitative estimate of drug-likeness (QED) is 0.188. The normalized spacial score (nSPS) is 16.6. The van der Waals surface area contributed by atoms with E-state index in [9.17, 15) is 4.79 Å². The number of nitrogens with zero attached hydrogens (tertiary/aromatic N) is 1. The minimum atomic E-state index is -0.220. The van der Waals surface area contributed by atoms with Crippen LogP contribution in [0.4, 0.5) is 0 Å². The lowest BCUT2D eigenvalue weighted by Crippen LogP contribution is -2.41. The molecule has 1 amide bonds. The first-order valence-electron chi connectivity index (χ1n) is 9.33. The summed E-state index contributed by atoms with van der Waals surface area (Å²) >= 11 is 0. The molecule has 27 heavy (non-hydrogen) atoms. The number of halogens is 1. The minimum Gasteiger partial charge on any atom is -0.459 e. The Morgan fingerprint density at radius 3 is 2.89 bits per heavy atom. The highest BCUT2D eigenvalue weighted by Gasteiger charge is 2.14. The van der Waals surface area contributed by atoms with Gasteiger partial charge in [-0.25, -0.2) is 0 Å². The summed E-state index contributed by atoms with van der Waals surface area (Å²) in [7, 11) is 0. The first-order chi connectivity index (χ1) is 12.8. The van der Waals surface area contributed by atoms with Crippen molar-refractivity contribution in [1.82, 2.24) is 16.0 Å². The van der Waals surface area contributed by atoms with E-state index >= 15 is 0 Å². The number of hydrogen-bond donors (Lipinski definition) is 3. The molecule has 1 saturated heterocycles. The van der Waals surface area contributed by atoms with Crippen LogP contribution in [0.2, 0.25) is 0 Å². The number of furan rings is 1. The fraction of sp³-hybridized carbons (Fsp3) is 0.667. The summed E-state index contributed by atoms with van der Waals surface area (Å²) in [4.78, 5) is 16.2. The number of carbonyl (C=O) groups is 1. The van der Waals surface area contributed by atoms with Crippen LogP contribution < -0.4 is 16.0 Å². The zero-order valence-electron chi connectivity index (χ0n) is 15.9. The number of aliphatic imine (C=N–C) groups is 1. The maximum atomic E-state index is 11.7. The van der Waals surface area contributed by atoms with Gasteiger partial charge in [-0.3, -0.25) is 9.79 Å². The average molecular weight is 494 g/mol. The van der Waals surface area contributed by atoms with Crippen molar-refractivity contribution in [2.24, 2.45) is 4.99 Å². The Morgan fingerprint density at radius 1 is 1.33 bits per heavy atom. The van der Waals surface area contributed by atoms with Gasteiger partial charge in [-0.05, 0) is 38.3 Å². The van der Waals surface area contributed by atoms with Gasteiger partial charge in [-0.2, -0.15) is 0 Å². The number of rotatable bonds is 11. The molecule has 1 fully saturated rings.